The summed E-state index contributed by atoms with van der Waals surface area (Å²) in [4.78, 5) is 20.5. The Labute approximate surface area is 333 Å². The standard InChI is InChI=1S/2C22H44O3.Mg/c2*23-21-19-17-15-13-11-9-7-5-3-1-2-4-6-8-10-12-14-16-18-20-22(24)25;/h2*23H,1-21H2,(H,24,25);/q;;+2/p-2. The van der Waals surface area contributed by atoms with Crippen LogP contribution in [0.5, 0.6) is 0 Å². The fraction of sp³-hybridized carbons (Fsp3) is 0.955. The van der Waals surface area contributed by atoms with Gasteiger partial charge in [0.15, 0.2) is 0 Å². The molecule has 0 aliphatic rings. The zero-order valence-corrected chi connectivity index (χ0v) is 35.3. The molecular formula is C44H86MgO6. The van der Waals surface area contributed by atoms with E-state index < -0.39 is 11.9 Å². The number of carboxylic acids is 2. The van der Waals surface area contributed by atoms with Crippen LogP contribution in [0.2, 0.25) is 0 Å². The molecule has 2 N–H and O–H groups in total. The second kappa shape index (κ2) is 51.7. The Morgan fingerprint density at radius 1 is 0.255 bits per heavy atom. The van der Waals surface area contributed by atoms with Crippen LogP contribution in [0.1, 0.15) is 257 Å². The molecule has 0 unspecified atom stereocenters. The Balaban J connectivity index is -0.000000886. The van der Waals surface area contributed by atoms with Gasteiger partial charge in [-0.3, -0.25) is 0 Å². The third kappa shape index (κ3) is 59.1. The molecule has 0 aromatic rings. The maximum Gasteiger partial charge on any atom is 2.00 e. The van der Waals surface area contributed by atoms with Crippen LogP contribution in [0, 0.1) is 0 Å². The molecule has 300 valence electrons. The van der Waals surface area contributed by atoms with Crippen molar-refractivity contribution in [1.82, 2.24) is 0 Å². The van der Waals surface area contributed by atoms with Gasteiger partial charge in [0.05, 0.1) is 0 Å². The minimum atomic E-state index is -0.908. The van der Waals surface area contributed by atoms with Crippen molar-refractivity contribution >= 4 is 35.0 Å². The second-order valence-electron chi connectivity index (χ2n) is 15.1. The van der Waals surface area contributed by atoms with Gasteiger partial charge >= 0.3 is 23.1 Å². The van der Waals surface area contributed by atoms with Gasteiger partial charge < -0.3 is 30.0 Å². The van der Waals surface area contributed by atoms with E-state index in [4.69, 9.17) is 10.2 Å². The summed E-state index contributed by atoms with van der Waals surface area (Å²) in [5, 5.41) is 38.0. The van der Waals surface area contributed by atoms with E-state index in [0.717, 1.165) is 38.5 Å². The zero-order chi connectivity index (χ0) is 36.9. The Hall–Kier alpha value is -0.374. The van der Waals surface area contributed by atoms with E-state index in [-0.39, 0.29) is 35.9 Å². The van der Waals surface area contributed by atoms with Gasteiger partial charge in [-0.15, -0.1) is 0 Å². The van der Waals surface area contributed by atoms with Crippen LogP contribution in [0.3, 0.4) is 0 Å². The van der Waals surface area contributed by atoms with Crippen LogP contribution in [-0.2, 0) is 9.59 Å². The molecule has 6 nitrogen and oxygen atoms in total. The Bertz CT molecular complexity index is 593. The van der Waals surface area contributed by atoms with Crippen molar-refractivity contribution < 1.29 is 30.0 Å². The van der Waals surface area contributed by atoms with E-state index in [0.29, 0.717) is 13.2 Å². The summed E-state index contributed by atoms with van der Waals surface area (Å²) in [7, 11) is 0. The number of aliphatic hydroxyl groups is 2. The summed E-state index contributed by atoms with van der Waals surface area (Å²) in [5.41, 5.74) is 0. The maximum atomic E-state index is 10.3. The molecule has 0 amide bonds. The van der Waals surface area contributed by atoms with Crippen molar-refractivity contribution in [2.24, 2.45) is 0 Å². The molecule has 0 aromatic heterocycles. The summed E-state index contributed by atoms with van der Waals surface area (Å²) >= 11 is 0. The number of aliphatic hydroxyl groups excluding tert-OH is 2. The Kier molecular flexibility index (Phi) is 55.8. The molecule has 0 aliphatic heterocycles. The minimum absolute atomic E-state index is 0. The monoisotopic (exact) mass is 735 g/mol. The number of hydrogen-bond acceptors (Lipinski definition) is 6. The Morgan fingerprint density at radius 3 is 0.490 bits per heavy atom. The van der Waals surface area contributed by atoms with Crippen LogP contribution in [0.15, 0.2) is 0 Å². The average molecular weight is 735 g/mol. The molecule has 0 bridgehead atoms. The van der Waals surface area contributed by atoms with E-state index >= 15 is 0 Å². The van der Waals surface area contributed by atoms with Gasteiger partial charge in [0.2, 0.25) is 0 Å². The first-order chi connectivity index (χ1) is 24.5. The molecule has 0 atom stereocenters. The average Bonchev–Trinajstić information content (AvgIpc) is 3.10. The van der Waals surface area contributed by atoms with Gasteiger partial charge in [-0.2, -0.15) is 0 Å². The molecule has 0 aromatic carbocycles. The first-order valence-electron chi connectivity index (χ1n) is 22.2. The van der Waals surface area contributed by atoms with E-state index in [1.165, 1.54) is 205 Å². The van der Waals surface area contributed by atoms with Crippen LogP contribution >= 0.6 is 0 Å². The molecule has 0 spiro atoms. The van der Waals surface area contributed by atoms with Crippen LogP contribution in [0.25, 0.3) is 0 Å². The summed E-state index contributed by atoms with van der Waals surface area (Å²) in [5.74, 6) is -1.82. The summed E-state index contributed by atoms with van der Waals surface area (Å²) < 4.78 is 0. The minimum Gasteiger partial charge on any atom is -0.550 e. The van der Waals surface area contributed by atoms with Gasteiger partial charge in [0.25, 0.3) is 0 Å². The quantitative estimate of drug-likeness (QED) is 0.0476. The molecule has 0 saturated carbocycles. The molecular weight excluding hydrogens is 649 g/mol. The van der Waals surface area contributed by atoms with Gasteiger partial charge in [0, 0.05) is 25.2 Å². The predicted octanol–water partition coefficient (Wildman–Crippen LogP) is 10.7. The first-order valence-corrected chi connectivity index (χ1v) is 22.2. The summed E-state index contributed by atoms with van der Waals surface area (Å²) in [6, 6.07) is 0. The van der Waals surface area contributed by atoms with Gasteiger partial charge in [-0.25, -0.2) is 0 Å². The number of carbonyl (C=O) groups excluding carboxylic acids is 2. The van der Waals surface area contributed by atoms with Gasteiger partial charge in [-0.05, 0) is 38.5 Å². The third-order valence-corrected chi connectivity index (χ3v) is 10.1. The Morgan fingerprint density at radius 2 is 0.373 bits per heavy atom. The molecule has 7 heteroatoms. The first kappa shape index (κ1) is 55.0. The number of unbranched alkanes of at least 4 members (excludes halogenated alkanes) is 36. The fourth-order valence-electron chi connectivity index (χ4n) is 6.77. The van der Waals surface area contributed by atoms with Crippen molar-refractivity contribution in [3.8, 4) is 0 Å². The predicted molar refractivity (Wildman–Crippen MR) is 215 cm³/mol. The molecule has 0 radical (unpaired) electrons. The van der Waals surface area contributed by atoms with Crippen molar-refractivity contribution in [2.75, 3.05) is 13.2 Å². The molecule has 51 heavy (non-hydrogen) atoms. The maximum absolute atomic E-state index is 10.3. The van der Waals surface area contributed by atoms with Crippen molar-refractivity contribution in [1.29, 1.82) is 0 Å². The topological polar surface area (TPSA) is 121 Å². The normalized spacial score (nSPS) is 10.9. The number of hydrogen-bond donors (Lipinski definition) is 2. The number of carboxylic acid groups (broad SMARTS) is 2. The second-order valence-corrected chi connectivity index (χ2v) is 15.1. The molecule has 0 saturated heterocycles. The number of rotatable bonds is 42. The van der Waals surface area contributed by atoms with Crippen LogP contribution in [0.4, 0.5) is 0 Å². The van der Waals surface area contributed by atoms with Crippen LogP contribution < -0.4 is 10.2 Å². The van der Waals surface area contributed by atoms with E-state index in [2.05, 4.69) is 0 Å². The van der Waals surface area contributed by atoms with E-state index in [1.807, 2.05) is 0 Å². The SMILES string of the molecule is O=C([O-])CCCCCCCCCCCCCCCCCCCCCO.O=C([O-])CCCCCCCCCCCCCCCCCCCCCO.[Mg+2]. The van der Waals surface area contributed by atoms with Crippen LogP contribution in [-0.4, -0.2) is 58.4 Å². The van der Waals surface area contributed by atoms with Gasteiger partial charge in [0.1, 0.15) is 0 Å². The number of aliphatic carboxylic acids is 2. The van der Waals surface area contributed by atoms with E-state index in [9.17, 15) is 19.8 Å². The molecule has 0 aliphatic carbocycles. The number of carbonyl (C=O) groups is 2. The van der Waals surface area contributed by atoms with Crippen molar-refractivity contribution in [3.63, 3.8) is 0 Å². The zero-order valence-electron chi connectivity index (χ0n) is 33.9. The fourth-order valence-corrected chi connectivity index (χ4v) is 6.77. The summed E-state index contributed by atoms with van der Waals surface area (Å²) in [6.07, 6.45) is 48.9. The van der Waals surface area contributed by atoms with Crippen molar-refractivity contribution in [2.45, 2.75) is 257 Å². The van der Waals surface area contributed by atoms with Gasteiger partial charge in [-0.1, -0.05) is 218 Å². The smallest absolute Gasteiger partial charge is 0.550 e. The molecule has 0 heterocycles. The van der Waals surface area contributed by atoms with Crippen molar-refractivity contribution in [3.05, 3.63) is 0 Å². The summed E-state index contributed by atoms with van der Waals surface area (Å²) in [6.45, 7) is 0.708. The molecule has 0 fully saturated rings. The third-order valence-electron chi connectivity index (χ3n) is 10.1. The largest absolute Gasteiger partial charge is 2.00 e. The molecule has 0 rings (SSSR count). The van der Waals surface area contributed by atoms with E-state index in [1.54, 1.807) is 0 Å².